The highest BCUT2D eigenvalue weighted by atomic mass is 35.5. The molecule has 0 saturated heterocycles. The molecule has 5 nitrogen and oxygen atoms in total. The number of hydrogen-bond acceptors (Lipinski definition) is 5. The maximum atomic E-state index is 13.0. The van der Waals surface area contributed by atoms with Crippen molar-refractivity contribution < 1.29 is 18.3 Å². The first kappa shape index (κ1) is 17.7. The van der Waals surface area contributed by atoms with E-state index in [0.717, 1.165) is 0 Å². The number of nitrogens with zero attached hydrogens (tertiary/aromatic N) is 1. The van der Waals surface area contributed by atoms with Crippen LogP contribution in [0.3, 0.4) is 0 Å². The second-order valence-corrected chi connectivity index (χ2v) is 8.49. The first-order chi connectivity index (χ1) is 11.9. The summed E-state index contributed by atoms with van der Waals surface area (Å²) in [7, 11) is -2.26. The van der Waals surface area contributed by atoms with E-state index in [4.69, 9.17) is 16.3 Å². The molecule has 0 unspecified atom stereocenters. The van der Waals surface area contributed by atoms with Crippen molar-refractivity contribution in [2.75, 3.05) is 13.7 Å². The summed E-state index contributed by atoms with van der Waals surface area (Å²) in [6.07, 6.45) is 0. The van der Waals surface area contributed by atoms with Crippen molar-refractivity contribution in [3.63, 3.8) is 0 Å². The molecule has 0 amide bonds. The fraction of sp³-hybridized carbons (Fsp3) is 0.278. The average Bonchev–Trinajstić information content (AvgIpc) is 3.33. The molecule has 1 saturated carbocycles. The monoisotopic (exact) mass is 377 g/mol. The van der Waals surface area contributed by atoms with Gasteiger partial charge in [-0.2, -0.15) is 5.26 Å². The predicted molar refractivity (Wildman–Crippen MR) is 93.3 cm³/mol. The van der Waals surface area contributed by atoms with Gasteiger partial charge in [-0.15, -0.1) is 0 Å². The van der Waals surface area contributed by atoms with Gasteiger partial charge in [0.25, 0.3) is 0 Å². The van der Waals surface area contributed by atoms with Gasteiger partial charge in [0.1, 0.15) is 11.2 Å². The molecule has 25 heavy (non-hydrogen) atoms. The van der Waals surface area contributed by atoms with Crippen molar-refractivity contribution >= 4 is 21.4 Å². The van der Waals surface area contributed by atoms with Crippen LogP contribution in [0.4, 0.5) is 0 Å². The zero-order valence-electron chi connectivity index (χ0n) is 13.4. The zero-order valence-corrected chi connectivity index (χ0v) is 15.0. The van der Waals surface area contributed by atoms with Crippen LogP contribution in [0.5, 0.6) is 5.75 Å². The number of sulfone groups is 1. The Labute approximate surface area is 151 Å². The second kappa shape index (κ2) is 6.34. The van der Waals surface area contributed by atoms with Gasteiger partial charge < -0.3 is 9.84 Å². The first-order valence-electron chi connectivity index (χ1n) is 7.56. The molecule has 0 bridgehead atoms. The summed E-state index contributed by atoms with van der Waals surface area (Å²) in [6, 6.07) is 14.7. The second-order valence-electron chi connectivity index (χ2n) is 5.98. The van der Waals surface area contributed by atoms with Crippen molar-refractivity contribution in [3.8, 4) is 11.8 Å². The molecule has 0 aromatic heterocycles. The number of aliphatic hydroxyl groups excluding tert-OH is 1. The summed E-state index contributed by atoms with van der Waals surface area (Å²) in [5, 5.41) is 18.8. The predicted octanol–water partition coefficient (Wildman–Crippen LogP) is 2.79. The molecular formula is C18H16ClNO4S. The Morgan fingerprint density at radius 1 is 1.20 bits per heavy atom. The number of benzene rings is 2. The van der Waals surface area contributed by atoms with Gasteiger partial charge in [-0.25, -0.2) is 8.42 Å². The maximum absolute atomic E-state index is 13.0. The van der Waals surface area contributed by atoms with Gasteiger partial charge in [-0.05, 0) is 42.0 Å². The molecule has 1 aliphatic carbocycles. The summed E-state index contributed by atoms with van der Waals surface area (Å²) in [6.45, 7) is -0.530. The molecule has 0 heterocycles. The van der Waals surface area contributed by atoms with Gasteiger partial charge in [0.15, 0.2) is 9.84 Å². The van der Waals surface area contributed by atoms with Crippen LogP contribution in [0.15, 0.2) is 53.4 Å². The topological polar surface area (TPSA) is 87.4 Å². The Bertz CT molecular complexity index is 919. The summed E-state index contributed by atoms with van der Waals surface area (Å²) in [5.74, 6) is 0.0298. The van der Waals surface area contributed by atoms with E-state index in [1.54, 1.807) is 24.3 Å². The first-order valence-corrected chi connectivity index (χ1v) is 9.48. The average molecular weight is 378 g/mol. The van der Waals surface area contributed by atoms with Crippen molar-refractivity contribution in [3.05, 3.63) is 59.1 Å². The Kier molecular flexibility index (Phi) is 4.50. The highest BCUT2D eigenvalue weighted by Crippen LogP contribution is 2.63. The molecular weight excluding hydrogens is 362 g/mol. The quantitative estimate of drug-likeness (QED) is 0.865. The van der Waals surface area contributed by atoms with Gasteiger partial charge in [0, 0.05) is 10.9 Å². The van der Waals surface area contributed by atoms with Crippen LogP contribution in [0.2, 0.25) is 5.02 Å². The van der Waals surface area contributed by atoms with E-state index in [1.165, 1.54) is 31.4 Å². The summed E-state index contributed by atoms with van der Waals surface area (Å²) in [5.41, 5.74) is -0.675. The van der Waals surface area contributed by atoms with Crippen LogP contribution in [-0.4, -0.2) is 32.5 Å². The molecule has 1 N–H and O–H groups in total. The van der Waals surface area contributed by atoms with Crippen molar-refractivity contribution in [2.45, 2.75) is 16.1 Å². The largest absolute Gasteiger partial charge is 0.497 e. The minimum absolute atomic E-state index is 0.0889. The zero-order chi connectivity index (χ0) is 18.2. The molecule has 0 radical (unpaired) electrons. The molecule has 3 atom stereocenters. The number of aliphatic hydroxyl groups is 1. The van der Waals surface area contributed by atoms with Gasteiger partial charge >= 0.3 is 0 Å². The fourth-order valence-corrected chi connectivity index (χ4v) is 5.71. The van der Waals surface area contributed by atoms with Crippen LogP contribution in [0.1, 0.15) is 11.5 Å². The number of rotatable bonds is 5. The number of nitriles is 1. The van der Waals surface area contributed by atoms with Gasteiger partial charge in [0.05, 0.1) is 29.9 Å². The van der Waals surface area contributed by atoms with Crippen molar-refractivity contribution in [1.82, 2.24) is 0 Å². The van der Waals surface area contributed by atoms with E-state index in [2.05, 4.69) is 0 Å². The molecule has 0 spiro atoms. The molecule has 2 aromatic carbocycles. The summed E-state index contributed by atoms with van der Waals surface area (Å²) < 4.78 is 31.1. The van der Waals surface area contributed by atoms with Crippen molar-refractivity contribution in [1.29, 1.82) is 5.26 Å². The molecule has 7 heteroatoms. The van der Waals surface area contributed by atoms with E-state index >= 15 is 0 Å². The van der Waals surface area contributed by atoms with E-state index in [1.807, 2.05) is 6.07 Å². The van der Waals surface area contributed by atoms with Crippen LogP contribution in [0, 0.1) is 16.7 Å². The third kappa shape index (κ3) is 2.78. The SMILES string of the molecule is COc1ccc([C@H]2[C@H](S(=O)(=O)c3ccc(Cl)cc3)[C@@]2(C#N)CO)cc1. The number of halogens is 1. The van der Waals surface area contributed by atoms with Gasteiger partial charge in [0.2, 0.25) is 0 Å². The van der Waals surface area contributed by atoms with E-state index < -0.39 is 33.0 Å². The van der Waals surface area contributed by atoms with E-state index in [-0.39, 0.29) is 4.90 Å². The molecule has 2 aromatic rings. The third-order valence-corrected chi connectivity index (χ3v) is 7.22. The lowest BCUT2D eigenvalue weighted by Crippen LogP contribution is -2.18. The molecule has 3 rings (SSSR count). The Balaban J connectivity index is 2.04. The minimum atomic E-state index is -3.80. The van der Waals surface area contributed by atoms with Crippen LogP contribution < -0.4 is 4.74 Å². The molecule has 1 fully saturated rings. The minimum Gasteiger partial charge on any atom is -0.497 e. The summed E-state index contributed by atoms with van der Waals surface area (Å²) >= 11 is 5.82. The molecule has 1 aliphatic rings. The summed E-state index contributed by atoms with van der Waals surface area (Å²) in [4.78, 5) is 0.0889. The van der Waals surface area contributed by atoms with E-state index in [0.29, 0.717) is 16.3 Å². The Morgan fingerprint density at radius 2 is 1.80 bits per heavy atom. The highest BCUT2D eigenvalue weighted by Gasteiger charge is 2.72. The molecule has 0 aliphatic heterocycles. The third-order valence-electron chi connectivity index (χ3n) is 4.68. The van der Waals surface area contributed by atoms with Gasteiger partial charge in [-0.3, -0.25) is 0 Å². The van der Waals surface area contributed by atoms with Crippen LogP contribution >= 0.6 is 11.6 Å². The highest BCUT2D eigenvalue weighted by molar-refractivity contribution is 7.92. The maximum Gasteiger partial charge on any atom is 0.183 e. The number of methoxy groups -OCH3 is 1. The standard InChI is InChI=1S/C18H16ClNO4S/c1-24-14-6-2-12(3-7-14)16-17(18(16,10-20)11-21)25(22,23)15-8-4-13(19)5-9-15/h2-9,16-17,21H,11H2,1H3/t16-,17-,18-/m0/s1. The normalized spacial score (nSPS) is 25.2. The lowest BCUT2D eigenvalue weighted by atomic mass is 10.0. The van der Waals surface area contributed by atoms with Crippen LogP contribution in [0.25, 0.3) is 0 Å². The van der Waals surface area contributed by atoms with Crippen molar-refractivity contribution in [2.24, 2.45) is 5.41 Å². The fourth-order valence-electron chi connectivity index (χ4n) is 3.27. The van der Waals surface area contributed by atoms with Crippen LogP contribution in [-0.2, 0) is 9.84 Å². The molecule has 130 valence electrons. The van der Waals surface area contributed by atoms with Gasteiger partial charge in [-0.1, -0.05) is 23.7 Å². The Morgan fingerprint density at radius 3 is 2.28 bits per heavy atom. The lowest BCUT2D eigenvalue weighted by Gasteiger charge is -2.06. The number of ether oxygens (including phenoxy) is 1. The number of hydrogen-bond donors (Lipinski definition) is 1. The smallest absolute Gasteiger partial charge is 0.183 e. The van der Waals surface area contributed by atoms with E-state index in [9.17, 15) is 18.8 Å². The Hall–Kier alpha value is -2.07. The lowest BCUT2D eigenvalue weighted by molar-refractivity contribution is 0.242.